The summed E-state index contributed by atoms with van der Waals surface area (Å²) in [6, 6.07) is 12.5. The van der Waals surface area contributed by atoms with E-state index in [-0.39, 0.29) is 18.5 Å². The zero-order valence-electron chi connectivity index (χ0n) is 13.9. The third-order valence-electron chi connectivity index (χ3n) is 3.27. The molecule has 0 fully saturated rings. The Morgan fingerprint density at radius 1 is 0.885 bits per heavy atom. The summed E-state index contributed by atoms with van der Waals surface area (Å²) in [6.07, 6.45) is 0. The van der Waals surface area contributed by atoms with Gasteiger partial charge in [0.2, 0.25) is 0 Å². The van der Waals surface area contributed by atoms with Gasteiger partial charge >= 0.3 is 6.03 Å². The molecule has 2 rings (SSSR count). The summed E-state index contributed by atoms with van der Waals surface area (Å²) >= 11 is 7.44. The summed E-state index contributed by atoms with van der Waals surface area (Å²) in [6.45, 7) is 1.09. The second kappa shape index (κ2) is 10.7. The van der Waals surface area contributed by atoms with Crippen molar-refractivity contribution >= 4 is 35.3 Å². The molecular weight excluding hydrogens is 377 g/mol. The normalized spacial score (nSPS) is 10.2. The van der Waals surface area contributed by atoms with Crippen LogP contribution in [0.1, 0.15) is 10.4 Å². The molecule has 0 unspecified atom stereocenters. The fourth-order valence-corrected chi connectivity index (χ4v) is 2.88. The molecule has 138 valence electrons. The number of hydrogen-bond acceptors (Lipinski definition) is 3. The Morgan fingerprint density at radius 2 is 1.50 bits per heavy atom. The molecule has 0 radical (unpaired) electrons. The zero-order chi connectivity index (χ0) is 18.8. The molecule has 0 bridgehead atoms. The third kappa shape index (κ3) is 7.33. The first kappa shape index (κ1) is 20.1. The van der Waals surface area contributed by atoms with E-state index in [9.17, 15) is 14.0 Å². The minimum absolute atomic E-state index is 0.281. The standard InChI is InChI=1S/C18H19ClFN3O2S/c19-14-3-7-16(8-4-14)26-12-11-23-18(25)22-10-9-21-17(24)13-1-5-15(20)6-2-13/h1-8H,9-12H2,(H,21,24)(H2,22,23,25). The van der Waals surface area contributed by atoms with Crippen molar-refractivity contribution in [3.05, 3.63) is 64.9 Å². The lowest BCUT2D eigenvalue weighted by molar-refractivity contribution is 0.0954. The average molecular weight is 396 g/mol. The Morgan fingerprint density at radius 3 is 2.19 bits per heavy atom. The monoisotopic (exact) mass is 395 g/mol. The molecular formula is C18H19ClFN3O2S. The molecule has 0 spiro atoms. The molecule has 5 nitrogen and oxygen atoms in total. The molecule has 0 aliphatic heterocycles. The minimum atomic E-state index is -0.394. The lowest BCUT2D eigenvalue weighted by Crippen LogP contribution is -2.41. The number of hydrogen-bond donors (Lipinski definition) is 3. The van der Waals surface area contributed by atoms with Gasteiger partial charge < -0.3 is 16.0 Å². The summed E-state index contributed by atoms with van der Waals surface area (Å²) in [7, 11) is 0. The van der Waals surface area contributed by atoms with E-state index in [0.29, 0.717) is 23.7 Å². The predicted octanol–water partition coefficient (Wildman–Crippen LogP) is 3.30. The maximum absolute atomic E-state index is 12.8. The Kier molecular flexibility index (Phi) is 8.24. The highest BCUT2D eigenvalue weighted by Gasteiger charge is 2.05. The van der Waals surface area contributed by atoms with E-state index in [2.05, 4.69) is 16.0 Å². The molecule has 0 aliphatic rings. The van der Waals surface area contributed by atoms with Gasteiger partial charge in [-0.15, -0.1) is 11.8 Å². The van der Waals surface area contributed by atoms with E-state index in [1.807, 2.05) is 24.3 Å². The van der Waals surface area contributed by atoms with Crippen LogP contribution in [0.4, 0.5) is 9.18 Å². The SMILES string of the molecule is O=C(NCCNC(=O)c1ccc(F)cc1)NCCSc1ccc(Cl)cc1. The van der Waals surface area contributed by atoms with Crippen molar-refractivity contribution in [2.24, 2.45) is 0 Å². The van der Waals surface area contributed by atoms with Gasteiger partial charge in [-0.05, 0) is 48.5 Å². The van der Waals surface area contributed by atoms with Crippen LogP contribution in [0, 0.1) is 5.82 Å². The quantitative estimate of drug-likeness (QED) is 0.474. The zero-order valence-corrected chi connectivity index (χ0v) is 15.5. The summed E-state index contributed by atoms with van der Waals surface area (Å²) in [4.78, 5) is 24.5. The highest BCUT2D eigenvalue weighted by molar-refractivity contribution is 7.99. The van der Waals surface area contributed by atoms with Crippen LogP contribution in [0.3, 0.4) is 0 Å². The van der Waals surface area contributed by atoms with Gasteiger partial charge in [0.1, 0.15) is 5.82 Å². The summed E-state index contributed by atoms with van der Waals surface area (Å²) in [5.41, 5.74) is 0.370. The smallest absolute Gasteiger partial charge is 0.314 e. The Balaban J connectivity index is 1.54. The van der Waals surface area contributed by atoms with E-state index in [1.165, 1.54) is 24.3 Å². The Bertz CT molecular complexity index is 726. The van der Waals surface area contributed by atoms with Gasteiger partial charge in [0.05, 0.1) is 0 Å². The molecule has 0 atom stereocenters. The van der Waals surface area contributed by atoms with Crippen LogP contribution in [0.15, 0.2) is 53.4 Å². The van der Waals surface area contributed by atoms with Crippen molar-refractivity contribution in [2.75, 3.05) is 25.4 Å². The van der Waals surface area contributed by atoms with Gasteiger partial charge in [0, 0.05) is 40.9 Å². The highest BCUT2D eigenvalue weighted by Crippen LogP contribution is 2.19. The fraction of sp³-hybridized carbons (Fsp3) is 0.222. The molecule has 0 aromatic heterocycles. The fourth-order valence-electron chi connectivity index (χ4n) is 1.98. The van der Waals surface area contributed by atoms with Crippen molar-refractivity contribution in [2.45, 2.75) is 4.90 Å². The van der Waals surface area contributed by atoms with Crippen LogP contribution >= 0.6 is 23.4 Å². The topological polar surface area (TPSA) is 70.2 Å². The van der Waals surface area contributed by atoms with Gasteiger partial charge in [-0.2, -0.15) is 0 Å². The van der Waals surface area contributed by atoms with Crippen molar-refractivity contribution in [3.63, 3.8) is 0 Å². The molecule has 3 amide bonds. The highest BCUT2D eigenvalue weighted by atomic mass is 35.5. The predicted molar refractivity (Wildman–Crippen MR) is 102 cm³/mol. The van der Waals surface area contributed by atoms with Crippen LogP contribution < -0.4 is 16.0 Å². The van der Waals surface area contributed by atoms with Crippen molar-refractivity contribution in [1.29, 1.82) is 0 Å². The first-order chi connectivity index (χ1) is 12.5. The van der Waals surface area contributed by atoms with Crippen LogP contribution in [0.25, 0.3) is 0 Å². The molecule has 0 saturated heterocycles. The van der Waals surface area contributed by atoms with Crippen molar-refractivity contribution in [1.82, 2.24) is 16.0 Å². The third-order valence-corrected chi connectivity index (χ3v) is 4.54. The minimum Gasteiger partial charge on any atom is -0.350 e. The van der Waals surface area contributed by atoms with Crippen LogP contribution in [-0.2, 0) is 0 Å². The van der Waals surface area contributed by atoms with Gasteiger partial charge in [0.25, 0.3) is 5.91 Å². The average Bonchev–Trinajstić information content (AvgIpc) is 2.64. The summed E-state index contributed by atoms with van der Waals surface area (Å²) in [5, 5.41) is 8.73. The molecule has 8 heteroatoms. The largest absolute Gasteiger partial charge is 0.350 e. The van der Waals surface area contributed by atoms with E-state index in [4.69, 9.17) is 11.6 Å². The lowest BCUT2D eigenvalue weighted by Gasteiger charge is -2.09. The molecule has 26 heavy (non-hydrogen) atoms. The number of benzene rings is 2. The number of halogens is 2. The Labute approximate surface area is 160 Å². The second-order valence-corrected chi connectivity index (χ2v) is 6.85. The van der Waals surface area contributed by atoms with E-state index in [1.54, 1.807) is 11.8 Å². The van der Waals surface area contributed by atoms with Crippen LogP contribution in [0.5, 0.6) is 0 Å². The molecule has 0 saturated carbocycles. The van der Waals surface area contributed by atoms with E-state index < -0.39 is 5.82 Å². The molecule has 2 aromatic rings. The number of nitrogens with one attached hydrogen (secondary N) is 3. The summed E-state index contributed by atoms with van der Waals surface area (Å²) < 4.78 is 12.8. The first-order valence-corrected chi connectivity index (χ1v) is 9.35. The first-order valence-electron chi connectivity index (χ1n) is 7.98. The Hall–Kier alpha value is -2.25. The second-order valence-electron chi connectivity index (χ2n) is 5.25. The number of carbonyl (C=O) groups is 2. The van der Waals surface area contributed by atoms with Gasteiger partial charge in [-0.25, -0.2) is 9.18 Å². The number of thioether (sulfide) groups is 1. The molecule has 0 aliphatic carbocycles. The van der Waals surface area contributed by atoms with Crippen LogP contribution in [-0.4, -0.2) is 37.3 Å². The maximum Gasteiger partial charge on any atom is 0.314 e. The van der Waals surface area contributed by atoms with Gasteiger partial charge in [-0.1, -0.05) is 11.6 Å². The lowest BCUT2D eigenvalue weighted by atomic mass is 10.2. The van der Waals surface area contributed by atoms with Crippen molar-refractivity contribution in [3.8, 4) is 0 Å². The molecule has 3 N–H and O–H groups in total. The van der Waals surface area contributed by atoms with Gasteiger partial charge in [-0.3, -0.25) is 4.79 Å². The number of rotatable bonds is 8. The van der Waals surface area contributed by atoms with E-state index >= 15 is 0 Å². The van der Waals surface area contributed by atoms with Crippen LogP contribution in [0.2, 0.25) is 5.02 Å². The number of amides is 3. The maximum atomic E-state index is 12.8. The number of urea groups is 1. The number of carbonyl (C=O) groups excluding carboxylic acids is 2. The van der Waals surface area contributed by atoms with Gasteiger partial charge in [0.15, 0.2) is 0 Å². The van der Waals surface area contributed by atoms with Crippen molar-refractivity contribution < 1.29 is 14.0 Å². The summed E-state index contributed by atoms with van der Waals surface area (Å²) in [5.74, 6) is 0.0248. The molecule has 0 heterocycles. The molecule has 2 aromatic carbocycles. The van der Waals surface area contributed by atoms with E-state index in [0.717, 1.165) is 10.6 Å².